The second-order valence-corrected chi connectivity index (χ2v) is 35.5. The number of aliphatic carboxylic acids is 6. The number of ketones is 6. The van der Waals surface area contributed by atoms with E-state index in [0.717, 1.165) is 122 Å². The normalized spacial score (nSPS) is 12.5. The highest BCUT2D eigenvalue weighted by atomic mass is 16.5. The van der Waals surface area contributed by atoms with Gasteiger partial charge in [0, 0.05) is 143 Å². The third-order valence-corrected chi connectivity index (χ3v) is 22.0. The Balaban J connectivity index is -0.00000132. The molecule has 0 radical (unpaired) electrons. The van der Waals surface area contributed by atoms with Crippen LogP contribution in [0.15, 0.2) is 0 Å². The van der Waals surface area contributed by atoms with Crippen LogP contribution in [0.1, 0.15) is 333 Å². The molecule has 0 spiro atoms. The fourth-order valence-corrected chi connectivity index (χ4v) is 13.5. The zero-order valence-electron chi connectivity index (χ0n) is 82.6. The number of hydrogen-bond acceptors (Lipinski definition) is 27. The van der Waals surface area contributed by atoms with Gasteiger partial charge in [-0.05, 0) is 90.4 Å². The van der Waals surface area contributed by atoms with Crippen LogP contribution in [0.4, 0.5) is 0 Å². The average Bonchev–Trinajstić information content (AvgIpc) is 0.868. The maximum atomic E-state index is 12.9. The highest BCUT2D eigenvalue weighted by molar-refractivity contribution is 5.93. The lowest BCUT2D eigenvalue weighted by Crippen LogP contribution is -2.44. The van der Waals surface area contributed by atoms with Crippen LogP contribution in [0.2, 0.25) is 0 Å². The van der Waals surface area contributed by atoms with Gasteiger partial charge in [-0.3, -0.25) is 76.7 Å². The van der Waals surface area contributed by atoms with E-state index < -0.39 is 101 Å². The molecule has 0 bridgehead atoms. The van der Waals surface area contributed by atoms with Gasteiger partial charge in [-0.1, -0.05) is 157 Å². The van der Waals surface area contributed by atoms with Crippen LogP contribution in [0.5, 0.6) is 0 Å². The molecule has 0 rings (SSSR count). The Kier molecular flexibility index (Phi) is 82.5. The average molecular weight is 1960 g/mol. The van der Waals surface area contributed by atoms with Crippen LogP contribution < -0.4 is 37.2 Å². The van der Waals surface area contributed by atoms with Gasteiger partial charge in [0.15, 0.2) is 5.78 Å². The Morgan fingerprint density at radius 2 is 0.613 bits per heavy atom. The minimum Gasteiger partial charge on any atom is -0.481 e. The van der Waals surface area contributed by atoms with Crippen molar-refractivity contribution in [3.8, 4) is 0 Å². The molecule has 0 heterocycles. The fraction of sp³-hybridized carbons (Fsp3) is 0.804. The summed E-state index contributed by atoms with van der Waals surface area (Å²) in [6.07, 6.45) is 23.8. The molecular weight excluding hydrogens is 1790 g/mol. The summed E-state index contributed by atoms with van der Waals surface area (Å²) >= 11 is 0. The van der Waals surface area contributed by atoms with Gasteiger partial charge in [-0.15, -0.1) is 0 Å². The van der Waals surface area contributed by atoms with Crippen molar-refractivity contribution in [3.63, 3.8) is 0 Å². The van der Waals surface area contributed by atoms with E-state index in [4.69, 9.17) is 48.1 Å². The van der Waals surface area contributed by atoms with Crippen LogP contribution in [-0.4, -0.2) is 293 Å². The minimum absolute atomic E-state index is 0. The van der Waals surface area contributed by atoms with Crippen molar-refractivity contribution >= 4 is 112 Å². The summed E-state index contributed by atoms with van der Waals surface area (Å²) in [4.78, 5) is 228. The molecule has 0 aliphatic carbocycles. The third-order valence-electron chi connectivity index (χ3n) is 22.0. The van der Waals surface area contributed by atoms with Crippen LogP contribution in [0.25, 0.3) is 0 Å². The maximum Gasteiger partial charge on any atom is 0.326 e. The Labute approximate surface area is 811 Å². The molecule has 0 saturated heterocycles. The zero-order valence-corrected chi connectivity index (χ0v) is 82.6. The van der Waals surface area contributed by atoms with Gasteiger partial charge in [0.25, 0.3) is 0 Å². The minimum atomic E-state index is -1.40. The van der Waals surface area contributed by atoms with Crippen LogP contribution in [0, 0.1) is 23.2 Å². The molecule has 0 aliphatic rings. The highest BCUT2D eigenvalue weighted by Crippen LogP contribution is 2.26. The highest BCUT2D eigenvalue weighted by Gasteiger charge is 2.31. The third kappa shape index (κ3) is 84.6. The van der Waals surface area contributed by atoms with Crippen LogP contribution >= 0.6 is 0 Å². The van der Waals surface area contributed by atoms with Crippen molar-refractivity contribution in [2.24, 2.45) is 23.2 Å². The van der Waals surface area contributed by atoms with Gasteiger partial charge in [0.1, 0.15) is 73.5 Å². The fourth-order valence-electron chi connectivity index (χ4n) is 13.5. The van der Waals surface area contributed by atoms with Crippen LogP contribution in [0.3, 0.4) is 0 Å². The summed E-state index contributed by atoms with van der Waals surface area (Å²) in [5, 5.41) is 73.5. The Morgan fingerprint density at radius 3 is 1.01 bits per heavy atom. The maximum absolute atomic E-state index is 12.9. The van der Waals surface area contributed by atoms with Gasteiger partial charge >= 0.3 is 35.8 Å². The summed E-state index contributed by atoms with van der Waals surface area (Å²) in [6, 6.07) is -4.06. The topological polar surface area (TPSA) is 604 Å². The van der Waals surface area contributed by atoms with Crippen molar-refractivity contribution in [3.05, 3.63) is 0 Å². The molecule has 0 fully saturated rings. The number of rotatable bonds is 96. The molecule has 7 amide bonds. The molecule has 13 N–H and O–H groups in total. The number of Topliss-reactive ketones (excluding diaryl/α,β-unsaturated/α-hetero) is 6. The van der Waals surface area contributed by atoms with Crippen molar-refractivity contribution in [2.45, 2.75) is 349 Å². The first-order chi connectivity index (χ1) is 65.4. The Hall–Kier alpha value is -9.19. The quantitative estimate of drug-likeness (QED) is 0.0252. The second kappa shape index (κ2) is 87.1. The summed E-state index contributed by atoms with van der Waals surface area (Å²) in [7, 11) is 0. The van der Waals surface area contributed by atoms with Crippen molar-refractivity contribution in [1.82, 2.24) is 37.2 Å². The predicted molar refractivity (Wildman–Crippen MR) is 509 cm³/mol. The monoisotopic (exact) mass is 1960 g/mol. The van der Waals surface area contributed by atoms with Gasteiger partial charge in [-0.25, -0.2) is 14.4 Å². The van der Waals surface area contributed by atoms with Gasteiger partial charge in [0.2, 0.25) is 41.4 Å². The van der Waals surface area contributed by atoms with E-state index in [0.29, 0.717) is 77.5 Å². The standard InChI is InChI=1S/C54H92N4O18.C43H75N3O15.2H2/c1-39(40(2)59)35-45(61)41(36-46(62)54(3,4)5)19-16-17-27-55-50(66)38-76-34-31-73-29-18-20-42(60)37-75-33-32-74-30-28-56-47(63)25-23-43(52(69)70)58-49(65)26-24-44(53(71)72)57-48(64)21-14-12-10-8-6-7-9-11-13-15-22-51(67)68;1-2-3-14-23-44-39(50)32-61-30-28-59-26-24-45-40(51)33-60-29-27-58-25-15-17-35(47)20-21-37(43(56)57)46-38(49)22-19-34(42(54)55)31-36(48)16-12-10-8-6-4-5-7-9-11-13-18-41(52)53;;/h39,41,43-44H,6-38H2,1-5H3,(H,55,66)(H,56,63)(H,57,64)(H,58,65)(H,67,68)(H,69,70)(H,71,72);34,37H,2-33H2,1H3,(H,44,50)(H,45,51)(H,46,49)(H,52,53)(H,54,55)(H,56,57);2*1H/t39-,41-,43+,44+;34-,37+;;/m11../s1. The van der Waals surface area contributed by atoms with Gasteiger partial charge < -0.3 is 106 Å². The predicted octanol–water partition coefficient (Wildman–Crippen LogP) is 9.95. The van der Waals surface area contributed by atoms with E-state index in [-0.39, 0.29) is 277 Å². The molecule has 0 unspecified atom stereocenters. The summed E-state index contributed by atoms with van der Waals surface area (Å²) < 4.78 is 42.9. The molecule has 0 aromatic heterocycles. The molecule has 40 nitrogen and oxygen atoms in total. The second-order valence-electron chi connectivity index (χ2n) is 35.5. The van der Waals surface area contributed by atoms with E-state index in [1.165, 1.54) is 6.92 Å². The summed E-state index contributed by atoms with van der Waals surface area (Å²) in [5.41, 5.74) is -0.570. The molecule has 40 heteroatoms. The number of carboxylic acid groups (broad SMARTS) is 6. The van der Waals surface area contributed by atoms with Crippen molar-refractivity contribution < 1.29 is 162 Å². The molecule has 0 saturated carbocycles. The number of amides is 7. The zero-order chi connectivity index (χ0) is 103. The first-order valence-electron chi connectivity index (χ1n) is 49.4. The van der Waals surface area contributed by atoms with Gasteiger partial charge in [0.05, 0.1) is 72.0 Å². The lowest BCUT2D eigenvalue weighted by atomic mass is 9.80. The van der Waals surface area contributed by atoms with E-state index in [1.54, 1.807) is 6.92 Å². The van der Waals surface area contributed by atoms with E-state index >= 15 is 0 Å². The first kappa shape index (κ1) is 130. The lowest BCUT2D eigenvalue weighted by Gasteiger charge is -2.22. The van der Waals surface area contributed by atoms with E-state index in [9.17, 15) is 112 Å². The lowest BCUT2D eigenvalue weighted by molar-refractivity contribution is -0.145. The van der Waals surface area contributed by atoms with Gasteiger partial charge in [-0.2, -0.15) is 0 Å². The van der Waals surface area contributed by atoms with Crippen molar-refractivity contribution in [1.29, 1.82) is 0 Å². The van der Waals surface area contributed by atoms with Crippen LogP contribution in [-0.2, 0) is 129 Å². The molecule has 137 heavy (non-hydrogen) atoms. The molecule has 0 aromatic rings. The first-order valence-corrected chi connectivity index (χ1v) is 49.4. The number of carboxylic acids is 6. The SMILES string of the molecule is CC(=O)[C@H](C)CC(=O)[C@H](CCCCNC(=O)COCCOCCCC(=O)COCCOCCNC(=O)CC[C@H](NC(=O)CC[C@H](NC(=O)CCCCCCCCCCCCC(=O)O)C(=O)O)C(=O)O)CC(=O)C(C)(C)C.CCCCCNC(=O)COCCOCCNC(=O)COCCOCCCC(=O)CC[C@H](NC(=O)CC[C@H](CC(=O)CCCCCCCCCCCCC(=O)O)C(=O)O)C(=O)O.[HH].[HH]. The molecule has 0 aliphatic heterocycles. The number of nitrogens with one attached hydrogen (secondary N) is 7. The number of hydrogen-bond donors (Lipinski definition) is 13. The number of unbranched alkanes of at least 4 members (excludes halogenated alkanes) is 21. The van der Waals surface area contributed by atoms with E-state index in [1.807, 2.05) is 20.8 Å². The molecule has 6 atom stereocenters. The summed E-state index contributed by atoms with van der Waals surface area (Å²) in [6.45, 7) is 14.2. The largest absolute Gasteiger partial charge is 0.481 e. The smallest absolute Gasteiger partial charge is 0.326 e. The molecule has 0 aromatic carbocycles. The number of ether oxygens (including phenoxy) is 8. The number of carbonyl (C=O) groups excluding carboxylic acids is 13. The Bertz CT molecular complexity index is 3460. The summed E-state index contributed by atoms with van der Waals surface area (Å²) in [5.74, 6) is -12.5. The van der Waals surface area contributed by atoms with E-state index in [2.05, 4.69) is 44.1 Å². The van der Waals surface area contributed by atoms with Crippen molar-refractivity contribution in [2.75, 3.05) is 132 Å². The number of carbonyl (C=O) groups is 19. The molecule has 792 valence electrons. The molecular formula is C97H171N7O33. The Morgan fingerprint density at radius 1 is 0.277 bits per heavy atom.